The van der Waals surface area contributed by atoms with Crippen LogP contribution >= 0.6 is 11.6 Å². The van der Waals surface area contributed by atoms with Crippen LogP contribution in [0.25, 0.3) is 33.4 Å². The second-order valence-electron chi connectivity index (χ2n) is 10.7. The van der Waals surface area contributed by atoms with Gasteiger partial charge in [-0.15, -0.1) is 10.2 Å². The van der Waals surface area contributed by atoms with Crippen LogP contribution < -0.4 is 5.73 Å². The van der Waals surface area contributed by atoms with Crippen LogP contribution in [0.2, 0.25) is 5.15 Å². The highest BCUT2D eigenvalue weighted by Gasteiger charge is 2.22. The summed E-state index contributed by atoms with van der Waals surface area (Å²) >= 11 is 6.63. The van der Waals surface area contributed by atoms with Gasteiger partial charge in [-0.3, -0.25) is 4.79 Å². The van der Waals surface area contributed by atoms with Gasteiger partial charge >= 0.3 is 5.97 Å². The number of nitrogens with zero attached hydrogens (tertiary/aromatic N) is 5. The van der Waals surface area contributed by atoms with Gasteiger partial charge in [-0.1, -0.05) is 91.7 Å². The number of hydrogen-bond acceptors (Lipinski definition) is 7. The van der Waals surface area contributed by atoms with E-state index < -0.39 is 12.0 Å². The number of H-pyrrole nitrogens is 2. The number of nitrogens with two attached hydrogens (primary N) is 1. The molecule has 0 aliphatic carbocycles. The first-order valence-corrected chi connectivity index (χ1v) is 15.0. The summed E-state index contributed by atoms with van der Waals surface area (Å²) in [5.74, 6) is 0.912. The molecule has 1 atom stereocenters. The van der Waals surface area contributed by atoms with Crippen LogP contribution in [0.15, 0.2) is 79.0 Å². The molecule has 0 aliphatic heterocycles. The van der Waals surface area contributed by atoms with Gasteiger partial charge < -0.3 is 20.0 Å². The number of hydrogen-bond donors (Lipinski definition) is 3. The molecule has 4 N–H and O–H groups in total. The van der Waals surface area contributed by atoms with Gasteiger partial charge in [0.1, 0.15) is 18.5 Å². The Balaban J connectivity index is 1.19. The molecular weight excluding hydrogens is 576 g/mol. The van der Waals surface area contributed by atoms with E-state index in [1.54, 1.807) is 0 Å². The van der Waals surface area contributed by atoms with Gasteiger partial charge in [-0.05, 0) is 40.0 Å². The maximum Gasteiger partial charge on any atom is 0.323 e. The number of rotatable bonds is 12. The van der Waals surface area contributed by atoms with Crippen LogP contribution in [0.3, 0.4) is 0 Å². The molecule has 0 aliphatic rings. The fourth-order valence-electron chi connectivity index (χ4n) is 5.40. The van der Waals surface area contributed by atoms with Crippen molar-refractivity contribution in [2.45, 2.75) is 51.8 Å². The summed E-state index contributed by atoms with van der Waals surface area (Å²) in [6, 6.07) is 23.4. The van der Waals surface area contributed by atoms with Crippen molar-refractivity contribution < 1.29 is 9.53 Å². The predicted molar refractivity (Wildman–Crippen MR) is 170 cm³/mol. The van der Waals surface area contributed by atoms with Gasteiger partial charge in [0.05, 0.1) is 5.69 Å². The Kier molecular flexibility index (Phi) is 8.81. The fraction of sp³-hybridized carbons (Fsp3) is 0.242. The normalized spacial score (nSPS) is 12.1. The summed E-state index contributed by atoms with van der Waals surface area (Å²) in [6.07, 6.45) is 5.00. The lowest BCUT2D eigenvalue weighted by molar-refractivity contribution is -0.146. The first kappa shape index (κ1) is 29.3. The summed E-state index contributed by atoms with van der Waals surface area (Å²) in [4.78, 5) is 20.8. The van der Waals surface area contributed by atoms with Crippen molar-refractivity contribution in [3.05, 3.63) is 107 Å². The van der Waals surface area contributed by atoms with Crippen LogP contribution in [-0.2, 0) is 35.5 Å². The van der Waals surface area contributed by atoms with E-state index in [-0.39, 0.29) is 6.61 Å². The topological polar surface area (TPSA) is 140 Å². The largest absolute Gasteiger partial charge is 0.458 e. The Morgan fingerprint density at radius 3 is 2.59 bits per heavy atom. The van der Waals surface area contributed by atoms with E-state index in [4.69, 9.17) is 22.1 Å². The molecule has 3 heterocycles. The molecule has 3 aromatic heterocycles. The second kappa shape index (κ2) is 13.2. The van der Waals surface area contributed by atoms with Crippen molar-refractivity contribution in [2.24, 2.45) is 5.73 Å². The number of ether oxygens (including phenoxy) is 1. The van der Waals surface area contributed by atoms with E-state index in [1.807, 2.05) is 54.7 Å². The lowest BCUT2D eigenvalue weighted by Gasteiger charge is -2.15. The number of aromatic nitrogens is 7. The molecule has 224 valence electrons. The van der Waals surface area contributed by atoms with Gasteiger partial charge in [-0.25, -0.2) is 4.98 Å². The molecule has 0 radical (unpaired) electrons. The van der Waals surface area contributed by atoms with Gasteiger partial charge in [-0.2, -0.15) is 5.21 Å². The molecule has 3 aromatic carbocycles. The zero-order valence-corrected chi connectivity index (χ0v) is 25.1. The number of para-hydroxylation sites is 1. The average molecular weight is 609 g/mol. The number of nitrogens with one attached hydrogen (secondary N) is 2. The predicted octanol–water partition coefficient (Wildman–Crippen LogP) is 5.87. The minimum Gasteiger partial charge on any atom is -0.458 e. The van der Waals surface area contributed by atoms with Gasteiger partial charge in [0, 0.05) is 42.0 Å². The first-order valence-electron chi connectivity index (χ1n) is 14.6. The van der Waals surface area contributed by atoms with Crippen LogP contribution in [0, 0.1) is 0 Å². The molecule has 0 amide bonds. The highest BCUT2D eigenvalue weighted by atomic mass is 35.5. The Morgan fingerprint density at radius 1 is 1.05 bits per heavy atom. The van der Waals surface area contributed by atoms with E-state index in [0.29, 0.717) is 29.6 Å². The maximum atomic E-state index is 13.0. The van der Waals surface area contributed by atoms with Crippen LogP contribution in [0.1, 0.15) is 42.4 Å². The lowest BCUT2D eigenvalue weighted by Crippen LogP contribution is -2.34. The van der Waals surface area contributed by atoms with Crippen molar-refractivity contribution in [1.29, 1.82) is 0 Å². The maximum absolute atomic E-state index is 13.0. The van der Waals surface area contributed by atoms with E-state index in [9.17, 15) is 4.79 Å². The summed E-state index contributed by atoms with van der Waals surface area (Å²) in [5, 5.41) is 15.9. The molecule has 44 heavy (non-hydrogen) atoms. The molecule has 10 nitrogen and oxygen atoms in total. The number of halogens is 1. The molecule has 0 saturated carbocycles. The second-order valence-corrected chi connectivity index (χ2v) is 11.1. The molecule has 6 rings (SSSR count). The zero-order valence-electron chi connectivity index (χ0n) is 24.3. The van der Waals surface area contributed by atoms with E-state index in [1.165, 1.54) is 0 Å². The Hall–Kier alpha value is -4.80. The Morgan fingerprint density at radius 2 is 1.82 bits per heavy atom. The third-order valence-electron chi connectivity index (χ3n) is 7.74. The minimum absolute atomic E-state index is 0.0193. The van der Waals surface area contributed by atoms with Crippen molar-refractivity contribution in [3.8, 4) is 22.5 Å². The molecule has 11 heteroatoms. The first-order chi connectivity index (χ1) is 21.5. The minimum atomic E-state index is -0.813. The summed E-state index contributed by atoms with van der Waals surface area (Å²) in [5.41, 5.74) is 12.9. The molecular formula is C33H33ClN8O2. The average Bonchev–Trinajstić information content (AvgIpc) is 3.80. The van der Waals surface area contributed by atoms with E-state index >= 15 is 0 Å². The third-order valence-corrected chi connectivity index (χ3v) is 8.05. The number of imidazole rings is 1. The number of esters is 1. The lowest BCUT2D eigenvalue weighted by atomic mass is 9.98. The monoisotopic (exact) mass is 608 g/mol. The van der Waals surface area contributed by atoms with Crippen molar-refractivity contribution in [3.63, 3.8) is 0 Å². The molecule has 6 aromatic rings. The number of tetrazole rings is 1. The molecule has 0 spiro atoms. The van der Waals surface area contributed by atoms with Crippen molar-refractivity contribution in [2.75, 3.05) is 0 Å². The van der Waals surface area contributed by atoms with Crippen LogP contribution in [-0.4, -0.2) is 47.2 Å². The number of benzene rings is 3. The Labute approximate surface area is 259 Å². The number of unbranched alkanes of at least 4 members (excludes halogenated alkanes) is 1. The van der Waals surface area contributed by atoms with Gasteiger partial charge in [0.15, 0.2) is 5.15 Å². The quantitative estimate of drug-likeness (QED) is 0.148. The Bertz CT molecular complexity index is 1860. The third kappa shape index (κ3) is 6.27. The highest BCUT2D eigenvalue weighted by molar-refractivity contribution is 6.30. The summed E-state index contributed by atoms with van der Waals surface area (Å²) in [6.45, 7) is 2.64. The number of fused-ring (bicyclic) bond motifs is 1. The van der Waals surface area contributed by atoms with Crippen molar-refractivity contribution in [1.82, 2.24) is 35.2 Å². The van der Waals surface area contributed by atoms with Crippen LogP contribution in [0.4, 0.5) is 0 Å². The number of carbonyl (C=O) groups excluding carboxylic acids is 1. The number of aromatic amines is 2. The standard InChI is InChI=1S/C33H33ClN8O2/c1-2-3-12-30-37-31(34)29(20-44-33(43)27(35)17-23-18-36-28-11-7-6-9-25(23)28)42(30)19-21-13-15-22(16-14-21)24-8-4-5-10-26(24)32-38-40-41-39-32/h4-11,13-16,18,27,36H,2-3,12,17,19-20,35H2,1H3,(H,38,39,40,41)/t27-/m0/s1. The SMILES string of the molecule is CCCCc1nc(Cl)c(COC(=O)[C@@H](N)Cc2c[nH]c3ccccc23)n1Cc1ccc(-c2ccccc2-c2nn[nH]n2)cc1. The highest BCUT2D eigenvalue weighted by Crippen LogP contribution is 2.30. The summed E-state index contributed by atoms with van der Waals surface area (Å²) < 4.78 is 7.77. The smallest absolute Gasteiger partial charge is 0.323 e. The van der Waals surface area contributed by atoms with E-state index in [0.717, 1.165) is 63.8 Å². The molecule has 0 fully saturated rings. The molecule has 0 bridgehead atoms. The van der Waals surface area contributed by atoms with Crippen molar-refractivity contribution >= 4 is 28.5 Å². The number of aryl methyl sites for hydroxylation is 1. The number of carbonyl (C=O) groups is 1. The van der Waals surface area contributed by atoms with Crippen LogP contribution in [0.5, 0.6) is 0 Å². The summed E-state index contributed by atoms with van der Waals surface area (Å²) in [7, 11) is 0. The van der Waals surface area contributed by atoms with Gasteiger partial charge in [0.2, 0.25) is 5.82 Å². The molecule has 0 saturated heterocycles. The fourth-order valence-corrected chi connectivity index (χ4v) is 5.65. The zero-order chi connectivity index (χ0) is 30.5. The van der Waals surface area contributed by atoms with E-state index in [2.05, 4.69) is 66.3 Å². The van der Waals surface area contributed by atoms with Gasteiger partial charge in [0.25, 0.3) is 0 Å². The molecule has 0 unspecified atom stereocenters.